The number of rotatable bonds is 3. The quantitative estimate of drug-likeness (QED) is 0.874. The summed E-state index contributed by atoms with van der Waals surface area (Å²) in [6, 6.07) is 0.521. The summed E-state index contributed by atoms with van der Waals surface area (Å²) in [5.74, 6) is 0. The molecule has 0 amide bonds. The van der Waals surface area contributed by atoms with Gasteiger partial charge >= 0.3 is 0 Å². The first-order valence-corrected chi connectivity index (χ1v) is 8.38. The highest BCUT2D eigenvalue weighted by atomic mass is 32.1. The molecular weight excluding hydrogens is 284 g/mol. The monoisotopic (exact) mass is 304 g/mol. The van der Waals surface area contributed by atoms with E-state index in [9.17, 15) is 0 Å². The van der Waals surface area contributed by atoms with Crippen molar-refractivity contribution in [2.24, 2.45) is 0 Å². The van der Waals surface area contributed by atoms with Crippen LogP contribution in [0, 0.1) is 0 Å². The van der Waals surface area contributed by atoms with Gasteiger partial charge in [-0.05, 0) is 0 Å². The number of imidazole rings is 1. The first-order chi connectivity index (χ1) is 10.4. The number of hydrogen-bond acceptors (Lipinski definition) is 6. The number of nitrogens with zero attached hydrogens (tertiary/aromatic N) is 4. The fourth-order valence-electron chi connectivity index (χ4n) is 3.16. The van der Waals surface area contributed by atoms with Crippen molar-refractivity contribution < 1.29 is 0 Å². The molecule has 1 saturated heterocycles. The van der Waals surface area contributed by atoms with Crippen molar-refractivity contribution in [1.82, 2.24) is 25.2 Å². The second-order valence-electron chi connectivity index (χ2n) is 5.71. The van der Waals surface area contributed by atoms with Gasteiger partial charge < -0.3 is 15.2 Å². The number of piperazine rings is 1. The second-order valence-corrected chi connectivity index (χ2v) is 6.59. The number of nitrogens with one attached hydrogen (secondary N) is 2. The van der Waals surface area contributed by atoms with Gasteiger partial charge in [0.05, 0.1) is 17.7 Å². The predicted octanol–water partition coefficient (Wildman–Crippen LogP) is 0.703. The van der Waals surface area contributed by atoms with Crippen molar-refractivity contribution in [1.29, 1.82) is 0 Å². The molecule has 0 bridgehead atoms. The van der Waals surface area contributed by atoms with Crippen LogP contribution in [0.5, 0.6) is 0 Å². The molecule has 2 aliphatic rings. The van der Waals surface area contributed by atoms with Crippen molar-refractivity contribution in [3.05, 3.63) is 29.3 Å². The molecule has 2 aliphatic heterocycles. The Morgan fingerprint density at radius 3 is 2.95 bits per heavy atom. The lowest BCUT2D eigenvalue weighted by Crippen LogP contribution is -2.52. The van der Waals surface area contributed by atoms with Gasteiger partial charge in [0.15, 0.2) is 5.13 Å². The van der Waals surface area contributed by atoms with Crippen LogP contribution in [0.25, 0.3) is 0 Å². The average Bonchev–Trinajstić information content (AvgIpc) is 3.19. The van der Waals surface area contributed by atoms with E-state index >= 15 is 0 Å². The maximum atomic E-state index is 4.42. The van der Waals surface area contributed by atoms with Gasteiger partial charge in [-0.25, -0.2) is 9.97 Å². The van der Waals surface area contributed by atoms with Crippen LogP contribution in [0.2, 0.25) is 0 Å². The molecule has 2 N–H and O–H groups in total. The number of hydrogen-bond donors (Lipinski definition) is 2. The lowest BCUT2D eigenvalue weighted by atomic mass is 10.0. The second kappa shape index (κ2) is 5.75. The SMILES string of the molecule is c1csc(N2CCN(CC3Cc4nc[nH]c4CN3)CC2)n1. The topological polar surface area (TPSA) is 60.1 Å². The minimum absolute atomic E-state index is 0.521. The van der Waals surface area contributed by atoms with Crippen LogP contribution in [0.3, 0.4) is 0 Å². The molecule has 2 aromatic rings. The van der Waals surface area contributed by atoms with Gasteiger partial charge in [-0.1, -0.05) is 0 Å². The number of fused-ring (bicyclic) bond motifs is 1. The van der Waals surface area contributed by atoms with Crippen molar-refractivity contribution in [3.63, 3.8) is 0 Å². The predicted molar refractivity (Wildman–Crippen MR) is 83.7 cm³/mol. The average molecular weight is 304 g/mol. The summed E-state index contributed by atoms with van der Waals surface area (Å²) < 4.78 is 0. The Hall–Kier alpha value is -1.44. The molecule has 4 rings (SSSR count). The Morgan fingerprint density at radius 2 is 2.14 bits per heavy atom. The summed E-state index contributed by atoms with van der Waals surface area (Å²) in [7, 11) is 0. The van der Waals surface area contributed by atoms with Gasteiger partial charge in [-0.3, -0.25) is 4.90 Å². The van der Waals surface area contributed by atoms with Gasteiger partial charge in [0.2, 0.25) is 0 Å². The largest absolute Gasteiger partial charge is 0.347 e. The van der Waals surface area contributed by atoms with E-state index in [0.717, 1.165) is 50.8 Å². The molecule has 6 nitrogen and oxygen atoms in total. The summed E-state index contributed by atoms with van der Waals surface area (Å²) in [6.07, 6.45) is 4.73. The van der Waals surface area contributed by atoms with Crippen molar-refractivity contribution in [2.45, 2.75) is 19.0 Å². The maximum absolute atomic E-state index is 4.42. The van der Waals surface area contributed by atoms with E-state index in [1.165, 1.54) is 11.4 Å². The number of aromatic nitrogens is 3. The zero-order chi connectivity index (χ0) is 14.1. The van der Waals surface area contributed by atoms with E-state index in [4.69, 9.17) is 0 Å². The van der Waals surface area contributed by atoms with Gasteiger partial charge in [0, 0.05) is 63.3 Å². The molecule has 0 radical (unpaired) electrons. The molecule has 0 saturated carbocycles. The van der Waals surface area contributed by atoms with Crippen LogP contribution in [0.15, 0.2) is 17.9 Å². The third-order valence-corrected chi connectivity index (χ3v) is 5.19. The number of aromatic amines is 1. The van der Waals surface area contributed by atoms with Gasteiger partial charge in [0.25, 0.3) is 0 Å². The Labute approximate surface area is 128 Å². The third kappa shape index (κ3) is 2.81. The van der Waals surface area contributed by atoms with Crippen LogP contribution in [-0.2, 0) is 13.0 Å². The molecule has 2 aromatic heterocycles. The van der Waals surface area contributed by atoms with Crippen LogP contribution in [0.4, 0.5) is 5.13 Å². The summed E-state index contributed by atoms with van der Waals surface area (Å²) in [5.41, 5.74) is 2.49. The van der Waals surface area contributed by atoms with Crippen molar-refractivity contribution >= 4 is 16.5 Å². The summed E-state index contributed by atoms with van der Waals surface area (Å²) in [6.45, 7) is 6.41. The molecular formula is C14H20N6S. The third-order valence-electron chi connectivity index (χ3n) is 4.36. The Balaban J connectivity index is 1.30. The van der Waals surface area contributed by atoms with E-state index in [2.05, 4.69) is 35.4 Å². The van der Waals surface area contributed by atoms with Gasteiger partial charge in [-0.2, -0.15) is 0 Å². The Bertz CT molecular complexity index is 572. The van der Waals surface area contributed by atoms with E-state index in [0.29, 0.717) is 6.04 Å². The zero-order valence-electron chi connectivity index (χ0n) is 12.0. The molecule has 1 fully saturated rings. The molecule has 0 spiro atoms. The highest BCUT2D eigenvalue weighted by Gasteiger charge is 2.24. The number of anilines is 1. The first-order valence-electron chi connectivity index (χ1n) is 7.50. The van der Waals surface area contributed by atoms with Gasteiger partial charge in [-0.15, -0.1) is 11.3 Å². The summed E-state index contributed by atoms with van der Waals surface area (Å²) in [5, 5.41) is 6.82. The molecule has 0 aromatic carbocycles. The van der Waals surface area contributed by atoms with E-state index in [-0.39, 0.29) is 0 Å². The minimum Gasteiger partial charge on any atom is -0.347 e. The van der Waals surface area contributed by atoms with Crippen molar-refractivity contribution in [3.8, 4) is 0 Å². The smallest absolute Gasteiger partial charge is 0.185 e. The minimum atomic E-state index is 0.521. The van der Waals surface area contributed by atoms with Crippen LogP contribution in [-0.4, -0.2) is 58.6 Å². The van der Waals surface area contributed by atoms with Crippen LogP contribution >= 0.6 is 11.3 Å². The lowest BCUT2D eigenvalue weighted by Gasteiger charge is -2.37. The molecule has 7 heteroatoms. The van der Waals surface area contributed by atoms with Crippen LogP contribution in [0.1, 0.15) is 11.4 Å². The normalized spacial score (nSPS) is 23.2. The molecule has 4 heterocycles. The fourth-order valence-corrected chi connectivity index (χ4v) is 3.86. The Morgan fingerprint density at radius 1 is 1.24 bits per heavy atom. The molecule has 1 atom stereocenters. The number of thiazole rings is 1. The van der Waals surface area contributed by atoms with Crippen LogP contribution < -0.4 is 10.2 Å². The standard InChI is InChI=1S/C14H20N6S/c1-6-21-14(15-1)20-4-2-19(3-5-20)9-11-7-12-13(8-16-11)18-10-17-12/h1,6,10-11,16H,2-5,7-9H2,(H,17,18). The highest BCUT2D eigenvalue weighted by Crippen LogP contribution is 2.19. The van der Waals surface area contributed by atoms with E-state index in [1.807, 2.05) is 12.5 Å². The molecule has 0 aliphatic carbocycles. The maximum Gasteiger partial charge on any atom is 0.185 e. The number of H-pyrrole nitrogens is 1. The molecule has 1 unspecified atom stereocenters. The van der Waals surface area contributed by atoms with Crippen molar-refractivity contribution in [2.75, 3.05) is 37.6 Å². The van der Waals surface area contributed by atoms with E-state index in [1.54, 1.807) is 11.3 Å². The first kappa shape index (κ1) is 13.2. The fraction of sp³-hybridized carbons (Fsp3) is 0.571. The zero-order valence-corrected chi connectivity index (χ0v) is 12.8. The van der Waals surface area contributed by atoms with E-state index < -0.39 is 0 Å². The highest BCUT2D eigenvalue weighted by molar-refractivity contribution is 7.13. The lowest BCUT2D eigenvalue weighted by molar-refractivity contribution is 0.223. The molecule has 21 heavy (non-hydrogen) atoms. The Kier molecular flexibility index (Phi) is 3.62. The summed E-state index contributed by atoms with van der Waals surface area (Å²) >= 11 is 1.73. The van der Waals surface area contributed by atoms with Gasteiger partial charge in [0.1, 0.15) is 0 Å². The molecule has 112 valence electrons. The summed E-state index contributed by atoms with van der Waals surface area (Å²) in [4.78, 5) is 17.0.